The Kier molecular flexibility index (Phi) is 8.69. The van der Waals surface area contributed by atoms with E-state index in [1.807, 2.05) is 13.1 Å². The van der Waals surface area contributed by atoms with Gasteiger partial charge < -0.3 is 15.0 Å². The smallest absolute Gasteiger partial charge is 0.249 e. The molecule has 1 amide bonds. The van der Waals surface area contributed by atoms with Gasteiger partial charge in [0.05, 0.1) is 11.8 Å². The van der Waals surface area contributed by atoms with Gasteiger partial charge in [-0.1, -0.05) is 6.58 Å². The molecular formula is C22H28FN5O2. The van der Waals surface area contributed by atoms with E-state index < -0.39 is 5.60 Å². The van der Waals surface area contributed by atoms with Gasteiger partial charge in [-0.15, -0.1) is 0 Å². The maximum Gasteiger partial charge on any atom is 0.249 e. The van der Waals surface area contributed by atoms with E-state index in [2.05, 4.69) is 39.8 Å². The number of nitrogens with zero attached hydrogens (tertiary/aromatic N) is 4. The lowest BCUT2D eigenvalue weighted by molar-refractivity contribution is -0.144. The van der Waals surface area contributed by atoms with Crippen LogP contribution < -0.4 is 5.32 Å². The summed E-state index contributed by atoms with van der Waals surface area (Å²) in [7, 11) is 2.03. The maximum atomic E-state index is 13.7. The number of carbonyl (C=O) groups excluding carboxylic acids is 1. The molecule has 1 aromatic heterocycles. The minimum absolute atomic E-state index is 0.103. The van der Waals surface area contributed by atoms with Gasteiger partial charge in [0, 0.05) is 44.0 Å². The number of pyridine rings is 1. The Morgan fingerprint density at radius 1 is 1.53 bits per heavy atom. The van der Waals surface area contributed by atoms with Crippen LogP contribution >= 0.6 is 0 Å². The van der Waals surface area contributed by atoms with Gasteiger partial charge in [-0.3, -0.25) is 14.8 Å². The Balaban J connectivity index is 0.000000232. The first-order valence-corrected chi connectivity index (χ1v) is 9.96. The molecular weight excluding hydrogens is 385 g/mol. The van der Waals surface area contributed by atoms with Crippen molar-refractivity contribution in [3.63, 3.8) is 0 Å². The van der Waals surface area contributed by atoms with Crippen molar-refractivity contribution in [1.29, 1.82) is 5.26 Å². The van der Waals surface area contributed by atoms with Crippen molar-refractivity contribution >= 4 is 11.6 Å². The van der Waals surface area contributed by atoms with Crippen LogP contribution in [0.25, 0.3) is 0 Å². The molecule has 1 fully saturated rings. The zero-order valence-electron chi connectivity index (χ0n) is 17.5. The van der Waals surface area contributed by atoms with E-state index in [0.29, 0.717) is 11.3 Å². The second-order valence-electron chi connectivity index (χ2n) is 7.04. The molecule has 2 aliphatic rings. The van der Waals surface area contributed by atoms with Crippen LogP contribution in [-0.4, -0.2) is 48.2 Å². The van der Waals surface area contributed by atoms with Crippen molar-refractivity contribution in [3.8, 4) is 6.07 Å². The normalized spacial score (nSPS) is 16.5. The summed E-state index contributed by atoms with van der Waals surface area (Å²) in [5.74, 6) is -0.674. The van der Waals surface area contributed by atoms with E-state index in [4.69, 9.17) is 10.00 Å². The molecule has 0 saturated heterocycles. The topological polar surface area (TPSA) is 90.6 Å². The van der Waals surface area contributed by atoms with Crippen molar-refractivity contribution in [2.75, 3.05) is 26.7 Å². The molecule has 0 bridgehead atoms. The number of halogens is 1. The lowest BCUT2D eigenvalue weighted by atomic mass is 9.75. The first kappa shape index (κ1) is 23.2. The van der Waals surface area contributed by atoms with Gasteiger partial charge in [0.25, 0.3) is 0 Å². The van der Waals surface area contributed by atoms with E-state index in [1.54, 1.807) is 6.07 Å². The Morgan fingerprint density at radius 3 is 2.87 bits per heavy atom. The summed E-state index contributed by atoms with van der Waals surface area (Å²) in [6.07, 6.45) is 9.22. The number of carbonyl (C=O) groups is 1. The first-order valence-electron chi connectivity index (χ1n) is 9.96. The van der Waals surface area contributed by atoms with Crippen LogP contribution in [0.1, 0.15) is 38.2 Å². The van der Waals surface area contributed by atoms with Crippen LogP contribution in [0.4, 0.5) is 4.39 Å². The third-order valence-electron chi connectivity index (χ3n) is 5.20. The van der Waals surface area contributed by atoms with Gasteiger partial charge in [-0.2, -0.15) is 5.26 Å². The van der Waals surface area contributed by atoms with Crippen LogP contribution in [-0.2, 0) is 15.1 Å². The average Bonchev–Trinajstić information content (AvgIpc) is 2.74. The predicted molar refractivity (Wildman–Crippen MR) is 113 cm³/mol. The molecule has 1 aliphatic carbocycles. The van der Waals surface area contributed by atoms with Crippen LogP contribution in [0.15, 0.2) is 48.0 Å². The summed E-state index contributed by atoms with van der Waals surface area (Å²) < 4.78 is 19.3. The predicted octanol–water partition coefficient (Wildman–Crippen LogP) is 3.07. The minimum atomic E-state index is -0.675. The molecule has 1 N–H and O–H groups in total. The quantitative estimate of drug-likeness (QED) is 0.742. The molecule has 1 saturated carbocycles. The van der Waals surface area contributed by atoms with E-state index >= 15 is 0 Å². The lowest BCUT2D eigenvalue weighted by Gasteiger charge is -2.41. The Morgan fingerprint density at radius 2 is 2.30 bits per heavy atom. The van der Waals surface area contributed by atoms with E-state index in [9.17, 15) is 9.18 Å². The molecule has 0 atom stereocenters. The SMILES string of the molecule is C=CNC(=O)COC1(c2ccncc2F)CCC1.CCN(C)C1=CC(C#N)=NCC1. The van der Waals surface area contributed by atoms with Gasteiger partial charge in [0.15, 0.2) is 0 Å². The van der Waals surface area contributed by atoms with Crippen molar-refractivity contribution in [1.82, 2.24) is 15.2 Å². The number of nitriles is 1. The Labute approximate surface area is 177 Å². The number of aromatic nitrogens is 1. The zero-order valence-corrected chi connectivity index (χ0v) is 17.5. The third-order valence-corrected chi connectivity index (χ3v) is 5.20. The number of ether oxygens (including phenoxy) is 1. The van der Waals surface area contributed by atoms with Crippen LogP contribution in [0, 0.1) is 17.1 Å². The second-order valence-corrected chi connectivity index (χ2v) is 7.04. The number of hydrogen-bond acceptors (Lipinski definition) is 6. The lowest BCUT2D eigenvalue weighted by Crippen LogP contribution is -2.40. The number of aliphatic imine (C=N–C) groups is 1. The molecule has 0 aromatic carbocycles. The number of hydrogen-bond donors (Lipinski definition) is 1. The van der Waals surface area contributed by atoms with Gasteiger partial charge >= 0.3 is 0 Å². The van der Waals surface area contributed by atoms with Crippen molar-refractivity contribution in [2.24, 2.45) is 4.99 Å². The van der Waals surface area contributed by atoms with E-state index in [-0.39, 0.29) is 18.3 Å². The van der Waals surface area contributed by atoms with Crippen molar-refractivity contribution in [2.45, 2.75) is 38.2 Å². The van der Waals surface area contributed by atoms with Gasteiger partial charge in [0.2, 0.25) is 5.91 Å². The summed E-state index contributed by atoms with van der Waals surface area (Å²) in [5, 5.41) is 11.0. The number of allylic oxidation sites excluding steroid dienone is 1. The average molecular weight is 413 g/mol. The van der Waals surface area contributed by atoms with Crippen LogP contribution in [0.3, 0.4) is 0 Å². The molecule has 1 aromatic rings. The molecule has 0 radical (unpaired) electrons. The van der Waals surface area contributed by atoms with E-state index in [1.165, 1.54) is 24.3 Å². The first-order chi connectivity index (χ1) is 14.5. The monoisotopic (exact) mass is 413 g/mol. The molecule has 3 rings (SSSR count). The highest BCUT2D eigenvalue weighted by molar-refractivity contribution is 6.07. The summed E-state index contributed by atoms with van der Waals surface area (Å²) in [6, 6.07) is 3.67. The maximum absolute atomic E-state index is 13.7. The standard InChI is InChI=1S/C13H15FN2O2.C9H13N3/c1-2-16-12(17)9-18-13(5-3-6-13)10-4-7-15-8-11(10)14;1-3-12(2)9-4-5-11-8(6-9)7-10/h2,4,7-8H,1,3,5-6,9H2,(H,16,17);6H,3-5H2,1-2H3. The molecule has 30 heavy (non-hydrogen) atoms. The minimum Gasteiger partial charge on any atom is -0.378 e. The Hall–Kier alpha value is -3.05. The fourth-order valence-corrected chi connectivity index (χ4v) is 3.23. The summed E-state index contributed by atoms with van der Waals surface area (Å²) in [4.78, 5) is 21.3. The summed E-state index contributed by atoms with van der Waals surface area (Å²) in [5.41, 5.74) is 1.57. The van der Waals surface area contributed by atoms with Crippen LogP contribution in [0.5, 0.6) is 0 Å². The fourth-order valence-electron chi connectivity index (χ4n) is 3.23. The summed E-state index contributed by atoms with van der Waals surface area (Å²) in [6.45, 7) is 7.11. The molecule has 8 heteroatoms. The van der Waals surface area contributed by atoms with Crippen molar-refractivity contribution < 1.29 is 13.9 Å². The molecule has 2 heterocycles. The van der Waals surface area contributed by atoms with Gasteiger partial charge in [-0.05, 0) is 44.5 Å². The highest BCUT2D eigenvalue weighted by atomic mass is 19.1. The molecule has 7 nitrogen and oxygen atoms in total. The van der Waals surface area contributed by atoms with E-state index in [0.717, 1.165) is 38.8 Å². The highest BCUT2D eigenvalue weighted by Gasteiger charge is 2.42. The summed E-state index contributed by atoms with van der Waals surface area (Å²) >= 11 is 0. The van der Waals surface area contributed by atoms with Crippen molar-refractivity contribution in [3.05, 3.63) is 54.4 Å². The zero-order chi connectivity index (χ0) is 22.0. The largest absolute Gasteiger partial charge is 0.378 e. The number of rotatable bonds is 7. The molecule has 160 valence electrons. The highest BCUT2D eigenvalue weighted by Crippen LogP contribution is 2.45. The second kappa shape index (κ2) is 11.2. The Bertz CT molecular complexity index is 855. The number of dihydropyridines is 1. The van der Waals surface area contributed by atoms with Gasteiger partial charge in [-0.25, -0.2) is 4.39 Å². The third kappa shape index (κ3) is 5.97. The number of nitrogens with one attached hydrogen (secondary N) is 1. The van der Waals surface area contributed by atoms with Crippen LogP contribution in [0.2, 0.25) is 0 Å². The number of amides is 1. The molecule has 0 unspecified atom stereocenters. The molecule has 0 spiro atoms. The van der Waals surface area contributed by atoms with Gasteiger partial charge in [0.1, 0.15) is 24.2 Å². The molecule has 1 aliphatic heterocycles. The fraction of sp³-hybridized carbons (Fsp3) is 0.455.